The molecule has 0 aliphatic carbocycles. The van der Waals surface area contributed by atoms with Gasteiger partial charge in [-0.2, -0.15) is 0 Å². The van der Waals surface area contributed by atoms with Crippen LogP contribution in [0.3, 0.4) is 0 Å². The monoisotopic (exact) mass is 705 g/mol. The highest BCUT2D eigenvalue weighted by atomic mass is 15.1. The van der Waals surface area contributed by atoms with E-state index >= 15 is 0 Å². The first kappa shape index (κ1) is 36.2. The molecule has 1 nitrogen and oxygen atoms in total. The normalized spacial score (nSPS) is 12.1. The van der Waals surface area contributed by atoms with Crippen molar-refractivity contribution in [3.8, 4) is 22.3 Å². The number of rotatable bonds is 12. The largest absolute Gasteiger partial charge is 0.311 e. The Bertz CT molecular complexity index is 2540. The van der Waals surface area contributed by atoms with Crippen molar-refractivity contribution in [1.29, 1.82) is 0 Å². The Balaban J connectivity index is 1.40. The smallest absolute Gasteiger partial charge is 0.0467 e. The van der Waals surface area contributed by atoms with Crippen LogP contribution in [0.5, 0.6) is 0 Å². The third kappa shape index (κ3) is 8.11. The summed E-state index contributed by atoms with van der Waals surface area (Å²) < 4.78 is 0. The van der Waals surface area contributed by atoms with E-state index in [-0.39, 0.29) is 0 Å². The lowest BCUT2D eigenvalue weighted by Gasteiger charge is -2.27. The topological polar surface area (TPSA) is 3.24 Å². The van der Waals surface area contributed by atoms with Gasteiger partial charge in [0.2, 0.25) is 0 Å². The van der Waals surface area contributed by atoms with E-state index in [1.54, 1.807) is 0 Å². The van der Waals surface area contributed by atoms with Gasteiger partial charge in [-0.3, -0.25) is 0 Å². The summed E-state index contributed by atoms with van der Waals surface area (Å²) in [6.45, 7) is 13.0. The lowest BCUT2D eigenvalue weighted by molar-refractivity contribution is 1.22. The molecule has 0 aliphatic rings. The summed E-state index contributed by atoms with van der Waals surface area (Å²) >= 11 is 0. The summed E-state index contributed by atoms with van der Waals surface area (Å²) in [6, 6.07) is 63.8. The Hall–Kier alpha value is -7.14. The molecule has 264 valence electrons. The van der Waals surface area contributed by atoms with Crippen LogP contribution in [0.15, 0.2) is 219 Å². The SMILES string of the molecule is C=C/C=C\C(=C(/C)c1cccc2ccccc12)c1ccc(N(C(=C)/C=C\C(=C/C)c2ccccc2)c2ccc(-c3ccccc3)cc2)cc1-c1cc#ccc1. The van der Waals surface area contributed by atoms with Crippen LogP contribution in [0.25, 0.3) is 49.7 Å². The lowest BCUT2D eigenvalue weighted by atomic mass is 9.87. The Morgan fingerprint density at radius 3 is 2.04 bits per heavy atom. The highest BCUT2D eigenvalue weighted by Crippen LogP contribution is 2.41. The van der Waals surface area contributed by atoms with Crippen LogP contribution in [-0.2, 0) is 0 Å². The van der Waals surface area contributed by atoms with E-state index in [0.29, 0.717) is 0 Å². The van der Waals surface area contributed by atoms with Gasteiger partial charge >= 0.3 is 0 Å². The Morgan fingerprint density at radius 2 is 1.31 bits per heavy atom. The third-order valence-corrected chi connectivity index (χ3v) is 9.91. The van der Waals surface area contributed by atoms with E-state index < -0.39 is 0 Å². The molecular formula is C54H43N. The minimum Gasteiger partial charge on any atom is -0.311 e. The van der Waals surface area contributed by atoms with E-state index in [1.807, 2.05) is 36.4 Å². The molecule has 0 unspecified atom stereocenters. The highest BCUT2D eigenvalue weighted by molar-refractivity contribution is 6.05. The summed E-state index contributed by atoms with van der Waals surface area (Å²) in [5.74, 6) is 0. The number of allylic oxidation sites excluding steroid dienone is 9. The zero-order chi connectivity index (χ0) is 38.0. The Kier molecular flexibility index (Phi) is 11.3. The standard InChI is InChI=1S/C54H43N/c1-5-7-28-51(41(4)50-30-19-27-46-26-17-18-29-52(46)50)53-38-37-49(39-54(53)47-24-15-10-16-25-47)55(40(3)31-32-42(6-2)43-20-11-8-12-21-43)48-35-33-45(34-36-48)44-22-13-9-14-23-44/h5-9,11-15,17-39H,1,3H2,2,4H3/b28-7-,32-31-,42-6+,51-41-. The molecule has 0 fully saturated rings. The van der Waals surface area contributed by atoms with E-state index in [9.17, 15) is 0 Å². The first-order valence-corrected chi connectivity index (χ1v) is 18.6. The predicted octanol–water partition coefficient (Wildman–Crippen LogP) is 14.8. The fourth-order valence-corrected chi connectivity index (χ4v) is 7.10. The lowest BCUT2D eigenvalue weighted by Crippen LogP contribution is -2.14. The van der Waals surface area contributed by atoms with Gasteiger partial charge < -0.3 is 4.90 Å². The molecule has 0 saturated carbocycles. The average molecular weight is 706 g/mol. The van der Waals surface area contributed by atoms with Crippen LogP contribution in [0.4, 0.5) is 11.4 Å². The maximum atomic E-state index is 4.65. The second kappa shape index (κ2) is 17.1. The Labute approximate surface area is 326 Å². The zero-order valence-electron chi connectivity index (χ0n) is 31.4. The van der Waals surface area contributed by atoms with Crippen molar-refractivity contribution in [3.63, 3.8) is 0 Å². The van der Waals surface area contributed by atoms with Gasteiger partial charge in [0.25, 0.3) is 0 Å². The summed E-state index contributed by atoms with van der Waals surface area (Å²) in [7, 11) is 0. The third-order valence-electron chi connectivity index (χ3n) is 9.91. The summed E-state index contributed by atoms with van der Waals surface area (Å²) in [6.07, 6.45) is 12.4. The van der Waals surface area contributed by atoms with Crippen molar-refractivity contribution in [1.82, 2.24) is 0 Å². The van der Waals surface area contributed by atoms with E-state index in [1.165, 1.54) is 27.5 Å². The summed E-state index contributed by atoms with van der Waals surface area (Å²) in [5.41, 5.74) is 14.2. The number of benzene rings is 6. The first-order valence-electron chi connectivity index (χ1n) is 18.6. The number of fused-ring (bicyclic) bond motifs is 1. The predicted molar refractivity (Wildman–Crippen MR) is 238 cm³/mol. The van der Waals surface area contributed by atoms with Crippen LogP contribution < -0.4 is 4.90 Å². The molecule has 7 rings (SSSR count). The molecule has 1 heteroatoms. The number of hydrogen-bond donors (Lipinski definition) is 0. The molecule has 0 aliphatic heterocycles. The van der Waals surface area contributed by atoms with E-state index in [4.69, 9.17) is 0 Å². The van der Waals surface area contributed by atoms with Crippen molar-refractivity contribution in [2.75, 3.05) is 4.90 Å². The van der Waals surface area contributed by atoms with Crippen LogP contribution in [-0.4, -0.2) is 0 Å². The van der Waals surface area contributed by atoms with E-state index in [2.05, 4.69) is 208 Å². The van der Waals surface area contributed by atoms with Crippen molar-refractivity contribution in [3.05, 3.63) is 248 Å². The van der Waals surface area contributed by atoms with Gasteiger partial charge in [-0.1, -0.05) is 177 Å². The van der Waals surface area contributed by atoms with Crippen LogP contribution in [0.1, 0.15) is 30.5 Å². The molecule has 0 amide bonds. The average Bonchev–Trinajstić information content (AvgIpc) is 3.25. The van der Waals surface area contributed by atoms with Crippen molar-refractivity contribution < 1.29 is 0 Å². The van der Waals surface area contributed by atoms with Crippen molar-refractivity contribution in [2.24, 2.45) is 0 Å². The second-order valence-electron chi connectivity index (χ2n) is 13.3. The van der Waals surface area contributed by atoms with Crippen molar-refractivity contribution >= 4 is 38.9 Å². The minimum absolute atomic E-state index is 0.837. The van der Waals surface area contributed by atoms with Gasteiger partial charge in [-0.25, -0.2) is 0 Å². The van der Waals surface area contributed by atoms with Crippen LogP contribution >= 0.6 is 0 Å². The van der Waals surface area contributed by atoms with Gasteiger partial charge in [-0.15, -0.1) is 0 Å². The molecule has 0 spiro atoms. The molecule has 7 aromatic rings. The maximum absolute atomic E-state index is 4.65. The highest BCUT2D eigenvalue weighted by Gasteiger charge is 2.18. The van der Waals surface area contributed by atoms with Gasteiger partial charge in [0.05, 0.1) is 0 Å². The quantitative estimate of drug-likeness (QED) is 0.0903. The molecule has 55 heavy (non-hydrogen) atoms. The second-order valence-corrected chi connectivity index (χ2v) is 13.3. The summed E-state index contributed by atoms with van der Waals surface area (Å²) in [4.78, 5) is 2.23. The van der Waals surface area contributed by atoms with Gasteiger partial charge in [0, 0.05) is 17.1 Å². The van der Waals surface area contributed by atoms with Gasteiger partial charge in [0.15, 0.2) is 0 Å². The van der Waals surface area contributed by atoms with Gasteiger partial charge in [0.1, 0.15) is 0 Å². The fourth-order valence-electron chi connectivity index (χ4n) is 7.10. The number of nitrogens with zero attached hydrogens (tertiary/aromatic N) is 1. The van der Waals surface area contributed by atoms with Crippen LogP contribution in [0, 0.1) is 12.1 Å². The molecule has 0 N–H and O–H groups in total. The zero-order valence-corrected chi connectivity index (χ0v) is 31.4. The maximum Gasteiger partial charge on any atom is 0.0467 e. The fraction of sp³-hybridized carbons (Fsp3) is 0.0370. The molecular weight excluding hydrogens is 663 g/mol. The Morgan fingerprint density at radius 1 is 0.618 bits per heavy atom. The molecule has 0 bridgehead atoms. The molecule has 0 atom stereocenters. The number of hydrogen-bond acceptors (Lipinski definition) is 1. The first-order chi connectivity index (χ1) is 27.1. The minimum atomic E-state index is 0.837. The van der Waals surface area contributed by atoms with Gasteiger partial charge in [-0.05, 0) is 129 Å². The van der Waals surface area contributed by atoms with Crippen LogP contribution in [0.2, 0.25) is 0 Å². The molecule has 0 heterocycles. The molecule has 0 aromatic heterocycles. The molecule has 7 aromatic carbocycles. The molecule has 0 radical (unpaired) electrons. The number of anilines is 2. The summed E-state index contributed by atoms with van der Waals surface area (Å²) in [5, 5.41) is 2.43. The van der Waals surface area contributed by atoms with Crippen molar-refractivity contribution in [2.45, 2.75) is 13.8 Å². The molecule has 0 saturated heterocycles. The van der Waals surface area contributed by atoms with E-state index in [0.717, 1.165) is 56.0 Å².